The number of hydrogen-bond donors (Lipinski definition) is 2. The van der Waals surface area contributed by atoms with E-state index in [9.17, 15) is 14.7 Å². The van der Waals surface area contributed by atoms with Crippen LogP contribution in [0.2, 0.25) is 0 Å². The smallest absolute Gasteiger partial charge is 0.268 e. The monoisotopic (exact) mass is 324 g/mol. The standard InChI is InChI=1S/C19H20N2O3/c22-17(14-8-3-1-4-9-14)16-12-7-13-21(16)19(24)18(23)20-15-10-5-2-6-11-15/h1-6,8-11,16,19,24H,7,12-13H2,(H,20,23). The fourth-order valence-electron chi connectivity index (χ4n) is 3.04. The number of ketones is 1. The number of amides is 1. The van der Waals surface area contributed by atoms with Crippen molar-refractivity contribution >= 4 is 17.4 Å². The van der Waals surface area contributed by atoms with Crippen LogP contribution in [0.3, 0.4) is 0 Å². The molecule has 5 nitrogen and oxygen atoms in total. The summed E-state index contributed by atoms with van der Waals surface area (Å²) in [5.74, 6) is -0.575. The van der Waals surface area contributed by atoms with E-state index in [4.69, 9.17) is 0 Å². The number of aliphatic hydroxyl groups excluding tert-OH is 1. The van der Waals surface area contributed by atoms with E-state index in [1.54, 1.807) is 41.3 Å². The molecule has 1 saturated heterocycles. The Morgan fingerprint density at radius 2 is 1.67 bits per heavy atom. The molecule has 2 aromatic rings. The summed E-state index contributed by atoms with van der Waals surface area (Å²) in [7, 11) is 0. The van der Waals surface area contributed by atoms with Gasteiger partial charge in [-0.2, -0.15) is 0 Å². The van der Waals surface area contributed by atoms with Gasteiger partial charge < -0.3 is 10.4 Å². The van der Waals surface area contributed by atoms with Gasteiger partial charge in [0.05, 0.1) is 6.04 Å². The number of para-hydroxylation sites is 1. The lowest BCUT2D eigenvalue weighted by Gasteiger charge is -2.27. The quantitative estimate of drug-likeness (QED) is 0.828. The first kappa shape index (κ1) is 16.4. The van der Waals surface area contributed by atoms with Crippen molar-refractivity contribution in [3.63, 3.8) is 0 Å². The first-order valence-electron chi connectivity index (χ1n) is 8.06. The van der Waals surface area contributed by atoms with Crippen molar-refractivity contribution in [2.24, 2.45) is 0 Å². The summed E-state index contributed by atoms with van der Waals surface area (Å²) in [5.41, 5.74) is 1.22. The Morgan fingerprint density at radius 3 is 2.33 bits per heavy atom. The molecule has 0 radical (unpaired) electrons. The van der Waals surface area contributed by atoms with Gasteiger partial charge in [0.15, 0.2) is 12.0 Å². The van der Waals surface area contributed by atoms with Gasteiger partial charge in [0, 0.05) is 17.8 Å². The first-order valence-corrected chi connectivity index (χ1v) is 8.06. The number of likely N-dealkylation sites (tertiary alicyclic amines) is 1. The molecule has 2 unspecified atom stereocenters. The van der Waals surface area contributed by atoms with Gasteiger partial charge in [0.25, 0.3) is 5.91 Å². The molecule has 0 aliphatic carbocycles. The van der Waals surface area contributed by atoms with Gasteiger partial charge in [-0.3, -0.25) is 14.5 Å². The van der Waals surface area contributed by atoms with Gasteiger partial charge in [-0.15, -0.1) is 0 Å². The third kappa shape index (κ3) is 3.53. The Bertz CT molecular complexity index is 703. The lowest BCUT2D eigenvalue weighted by atomic mass is 10.0. The third-order valence-electron chi connectivity index (χ3n) is 4.25. The molecule has 0 aromatic heterocycles. The molecule has 3 rings (SSSR count). The van der Waals surface area contributed by atoms with Crippen molar-refractivity contribution < 1.29 is 14.7 Å². The van der Waals surface area contributed by atoms with Crippen molar-refractivity contribution in [2.75, 3.05) is 11.9 Å². The summed E-state index contributed by atoms with van der Waals surface area (Å²) >= 11 is 0. The molecule has 1 aliphatic rings. The molecule has 2 aromatic carbocycles. The lowest BCUT2D eigenvalue weighted by molar-refractivity contribution is -0.133. The van der Waals surface area contributed by atoms with Crippen LogP contribution in [0.1, 0.15) is 23.2 Å². The van der Waals surface area contributed by atoms with Gasteiger partial charge in [-0.25, -0.2) is 0 Å². The van der Waals surface area contributed by atoms with E-state index >= 15 is 0 Å². The minimum atomic E-state index is -1.34. The van der Waals surface area contributed by atoms with E-state index in [1.165, 1.54) is 0 Å². The van der Waals surface area contributed by atoms with Crippen LogP contribution >= 0.6 is 0 Å². The Balaban J connectivity index is 1.70. The maximum Gasteiger partial charge on any atom is 0.268 e. The molecule has 24 heavy (non-hydrogen) atoms. The van der Waals surface area contributed by atoms with Gasteiger partial charge in [-0.1, -0.05) is 48.5 Å². The molecule has 1 amide bonds. The van der Waals surface area contributed by atoms with Crippen LogP contribution in [0.15, 0.2) is 60.7 Å². The number of aliphatic hydroxyl groups is 1. The summed E-state index contributed by atoms with van der Waals surface area (Å²) < 4.78 is 0. The number of hydrogen-bond acceptors (Lipinski definition) is 4. The largest absolute Gasteiger partial charge is 0.370 e. The van der Waals surface area contributed by atoms with Crippen molar-refractivity contribution in [3.8, 4) is 0 Å². The fraction of sp³-hybridized carbons (Fsp3) is 0.263. The molecule has 1 aliphatic heterocycles. The average molecular weight is 324 g/mol. The zero-order valence-corrected chi connectivity index (χ0v) is 13.3. The zero-order chi connectivity index (χ0) is 16.9. The van der Waals surface area contributed by atoms with Crippen molar-refractivity contribution in [2.45, 2.75) is 25.1 Å². The van der Waals surface area contributed by atoms with Crippen molar-refractivity contribution in [3.05, 3.63) is 66.2 Å². The van der Waals surface area contributed by atoms with Crippen LogP contribution in [-0.2, 0) is 4.79 Å². The van der Waals surface area contributed by atoms with Gasteiger partial charge in [0.1, 0.15) is 0 Å². The fourth-order valence-corrected chi connectivity index (χ4v) is 3.04. The second-order valence-electron chi connectivity index (χ2n) is 5.86. The average Bonchev–Trinajstić information content (AvgIpc) is 3.11. The number of Topliss-reactive ketones (excluding diaryl/α,β-unsaturated/α-hetero) is 1. The summed E-state index contributed by atoms with van der Waals surface area (Å²) in [6.07, 6.45) is 0.0767. The van der Waals surface area contributed by atoms with E-state index in [1.807, 2.05) is 24.3 Å². The van der Waals surface area contributed by atoms with Crippen LogP contribution < -0.4 is 5.32 Å². The van der Waals surface area contributed by atoms with Gasteiger partial charge in [-0.05, 0) is 25.0 Å². The molecule has 1 heterocycles. The van der Waals surface area contributed by atoms with Gasteiger partial charge >= 0.3 is 0 Å². The van der Waals surface area contributed by atoms with Crippen molar-refractivity contribution in [1.29, 1.82) is 0 Å². The topological polar surface area (TPSA) is 69.6 Å². The second-order valence-corrected chi connectivity index (χ2v) is 5.86. The Hall–Kier alpha value is -2.50. The predicted octanol–water partition coefficient (Wildman–Crippen LogP) is 2.29. The van der Waals surface area contributed by atoms with E-state index in [-0.39, 0.29) is 5.78 Å². The highest BCUT2D eigenvalue weighted by molar-refractivity contribution is 6.01. The Kier molecular flexibility index (Phi) is 5.03. The maximum absolute atomic E-state index is 12.7. The zero-order valence-electron chi connectivity index (χ0n) is 13.3. The number of carbonyl (C=O) groups excluding carboxylic acids is 2. The molecule has 124 valence electrons. The van der Waals surface area contributed by atoms with E-state index in [0.29, 0.717) is 24.2 Å². The highest BCUT2D eigenvalue weighted by Gasteiger charge is 2.37. The third-order valence-corrected chi connectivity index (χ3v) is 4.25. The number of carbonyl (C=O) groups is 2. The normalized spacial score (nSPS) is 19.0. The molecular weight excluding hydrogens is 304 g/mol. The van der Waals surface area contributed by atoms with E-state index < -0.39 is 18.2 Å². The molecule has 0 bridgehead atoms. The van der Waals surface area contributed by atoms with Crippen LogP contribution in [0, 0.1) is 0 Å². The molecular formula is C19H20N2O3. The molecule has 2 N–H and O–H groups in total. The van der Waals surface area contributed by atoms with Crippen LogP contribution in [0.25, 0.3) is 0 Å². The first-order chi connectivity index (χ1) is 11.7. The number of benzene rings is 2. The SMILES string of the molecule is O=C(Nc1ccccc1)C(O)N1CCCC1C(=O)c1ccccc1. The van der Waals surface area contributed by atoms with Crippen LogP contribution in [-0.4, -0.2) is 40.5 Å². The summed E-state index contributed by atoms with van der Waals surface area (Å²) in [6.45, 7) is 0.520. The Labute approximate surface area is 140 Å². The number of nitrogens with zero attached hydrogens (tertiary/aromatic N) is 1. The highest BCUT2D eigenvalue weighted by Crippen LogP contribution is 2.23. The van der Waals surface area contributed by atoms with Crippen molar-refractivity contribution in [1.82, 2.24) is 4.90 Å². The summed E-state index contributed by atoms with van der Waals surface area (Å²) in [5, 5.41) is 13.1. The van der Waals surface area contributed by atoms with Gasteiger partial charge in [0.2, 0.25) is 0 Å². The highest BCUT2D eigenvalue weighted by atomic mass is 16.3. The number of anilines is 1. The number of rotatable bonds is 5. The van der Waals surface area contributed by atoms with E-state index in [2.05, 4.69) is 5.32 Å². The lowest BCUT2D eigenvalue weighted by Crippen LogP contribution is -2.49. The molecule has 1 fully saturated rings. The predicted molar refractivity (Wildman–Crippen MR) is 91.6 cm³/mol. The van der Waals surface area contributed by atoms with Crippen LogP contribution in [0.4, 0.5) is 5.69 Å². The second kappa shape index (κ2) is 7.38. The summed E-state index contributed by atoms with van der Waals surface area (Å²) in [4.78, 5) is 26.5. The van der Waals surface area contributed by atoms with E-state index in [0.717, 1.165) is 6.42 Å². The van der Waals surface area contributed by atoms with Crippen LogP contribution in [0.5, 0.6) is 0 Å². The molecule has 0 spiro atoms. The Morgan fingerprint density at radius 1 is 1.04 bits per heavy atom. The summed E-state index contributed by atoms with van der Waals surface area (Å²) in [6, 6.07) is 17.5. The maximum atomic E-state index is 12.7. The molecule has 0 saturated carbocycles. The molecule has 2 atom stereocenters. The minimum absolute atomic E-state index is 0.0559. The molecule has 5 heteroatoms. The number of nitrogens with one attached hydrogen (secondary N) is 1. The minimum Gasteiger partial charge on any atom is -0.370 e.